The summed E-state index contributed by atoms with van der Waals surface area (Å²) < 4.78 is 16.4. The average molecular weight is 462 g/mol. The van der Waals surface area contributed by atoms with Crippen LogP contribution in [0.1, 0.15) is 39.9 Å². The van der Waals surface area contributed by atoms with Gasteiger partial charge in [0, 0.05) is 17.5 Å². The van der Waals surface area contributed by atoms with E-state index < -0.39 is 5.91 Å². The van der Waals surface area contributed by atoms with Crippen LogP contribution in [0.5, 0.6) is 5.75 Å². The van der Waals surface area contributed by atoms with Crippen molar-refractivity contribution >= 4 is 23.2 Å². The number of hydrazone groups is 1. The van der Waals surface area contributed by atoms with Crippen molar-refractivity contribution in [3.05, 3.63) is 94.6 Å². The summed E-state index contributed by atoms with van der Waals surface area (Å²) in [5.74, 6) is 1.03. The van der Waals surface area contributed by atoms with Crippen LogP contribution >= 0.6 is 11.6 Å². The number of hydrogen-bond donors (Lipinski definition) is 0. The first kappa shape index (κ1) is 21.0. The van der Waals surface area contributed by atoms with E-state index in [4.69, 9.17) is 25.3 Å². The molecule has 0 spiro atoms. The SMILES string of the molecule is COc1cccc(C2CC(c3ccco3)=NN2C(=O)c2onc(-c3ccccc3Cl)c2C)c1. The highest BCUT2D eigenvalue weighted by atomic mass is 35.5. The molecule has 0 aliphatic carbocycles. The number of nitrogens with zero attached hydrogens (tertiary/aromatic N) is 3. The van der Waals surface area contributed by atoms with Crippen LogP contribution in [0.3, 0.4) is 0 Å². The first-order chi connectivity index (χ1) is 16.1. The van der Waals surface area contributed by atoms with E-state index in [2.05, 4.69) is 10.3 Å². The van der Waals surface area contributed by atoms with Gasteiger partial charge in [-0.2, -0.15) is 5.10 Å². The Kier molecular flexibility index (Phi) is 5.48. The molecular weight excluding hydrogens is 442 g/mol. The highest BCUT2D eigenvalue weighted by Gasteiger charge is 2.37. The number of hydrogen-bond acceptors (Lipinski definition) is 6. The number of aromatic nitrogens is 1. The van der Waals surface area contributed by atoms with Gasteiger partial charge in [-0.3, -0.25) is 4.79 Å². The maximum Gasteiger partial charge on any atom is 0.313 e. The minimum absolute atomic E-state index is 0.113. The third-order valence-electron chi connectivity index (χ3n) is 5.65. The molecule has 0 radical (unpaired) electrons. The second-order valence-electron chi connectivity index (χ2n) is 7.64. The molecule has 0 bridgehead atoms. The molecule has 7 nitrogen and oxygen atoms in total. The number of amides is 1. The first-order valence-corrected chi connectivity index (χ1v) is 10.7. The molecule has 0 saturated heterocycles. The molecular formula is C25H20ClN3O4. The summed E-state index contributed by atoms with van der Waals surface area (Å²) in [7, 11) is 1.61. The number of carbonyl (C=O) groups is 1. The number of rotatable bonds is 5. The topological polar surface area (TPSA) is 81.1 Å². The van der Waals surface area contributed by atoms with E-state index in [1.54, 1.807) is 32.4 Å². The number of halogens is 1. The van der Waals surface area contributed by atoms with Crippen LogP contribution in [-0.2, 0) is 0 Å². The van der Waals surface area contributed by atoms with E-state index in [-0.39, 0.29) is 11.8 Å². The molecule has 33 heavy (non-hydrogen) atoms. The largest absolute Gasteiger partial charge is 0.497 e. The van der Waals surface area contributed by atoms with Crippen molar-refractivity contribution in [2.45, 2.75) is 19.4 Å². The molecule has 0 fully saturated rings. The van der Waals surface area contributed by atoms with Crippen LogP contribution in [-0.4, -0.2) is 28.9 Å². The van der Waals surface area contributed by atoms with Crippen LogP contribution in [0.2, 0.25) is 5.02 Å². The van der Waals surface area contributed by atoms with E-state index in [1.807, 2.05) is 48.5 Å². The lowest BCUT2D eigenvalue weighted by atomic mass is 10.00. The van der Waals surface area contributed by atoms with Crippen molar-refractivity contribution < 1.29 is 18.5 Å². The molecule has 1 amide bonds. The fourth-order valence-electron chi connectivity index (χ4n) is 3.94. The fraction of sp³-hybridized carbons (Fsp3) is 0.160. The third kappa shape index (κ3) is 3.81. The Morgan fingerprint density at radius 3 is 2.76 bits per heavy atom. The number of methoxy groups -OCH3 is 1. The molecule has 2 aromatic heterocycles. The van der Waals surface area contributed by atoms with Crippen molar-refractivity contribution in [1.29, 1.82) is 0 Å². The standard InChI is InChI=1S/C25H20ClN3O4/c1-15-23(18-9-3-4-10-19(18)26)28-33-24(15)25(30)29-21(16-7-5-8-17(13-16)31-2)14-20(27-29)22-11-6-12-32-22/h3-13,21H,14H2,1-2H3. The third-order valence-corrected chi connectivity index (χ3v) is 5.98. The van der Waals surface area contributed by atoms with Crippen molar-refractivity contribution in [3.63, 3.8) is 0 Å². The predicted molar refractivity (Wildman–Crippen MR) is 123 cm³/mol. The van der Waals surface area contributed by atoms with Crippen LogP contribution in [0, 0.1) is 6.92 Å². The summed E-state index contributed by atoms with van der Waals surface area (Å²) in [4.78, 5) is 13.6. The van der Waals surface area contributed by atoms with Gasteiger partial charge >= 0.3 is 5.91 Å². The van der Waals surface area contributed by atoms with Gasteiger partial charge in [-0.05, 0) is 42.8 Å². The Bertz CT molecular complexity index is 1340. The molecule has 1 atom stereocenters. The van der Waals surface area contributed by atoms with Crippen molar-refractivity contribution in [3.8, 4) is 17.0 Å². The van der Waals surface area contributed by atoms with Crippen molar-refractivity contribution in [1.82, 2.24) is 10.2 Å². The van der Waals surface area contributed by atoms with E-state index >= 15 is 0 Å². The van der Waals surface area contributed by atoms with Gasteiger partial charge in [0.2, 0.25) is 5.76 Å². The molecule has 1 unspecified atom stereocenters. The zero-order valence-corrected chi connectivity index (χ0v) is 18.7. The van der Waals surface area contributed by atoms with Crippen LogP contribution in [0.25, 0.3) is 11.3 Å². The van der Waals surface area contributed by atoms with E-state index in [9.17, 15) is 4.79 Å². The molecule has 0 N–H and O–H groups in total. The number of carbonyl (C=O) groups excluding carboxylic acids is 1. The molecule has 2 aromatic carbocycles. The Labute approximate surface area is 195 Å². The Balaban J connectivity index is 1.54. The smallest absolute Gasteiger partial charge is 0.313 e. The van der Waals surface area contributed by atoms with Gasteiger partial charge in [0.1, 0.15) is 22.9 Å². The normalized spacial score (nSPS) is 15.5. The molecule has 3 heterocycles. The molecule has 5 rings (SSSR count). The lowest BCUT2D eigenvalue weighted by Gasteiger charge is -2.21. The quantitative estimate of drug-likeness (QED) is 0.369. The summed E-state index contributed by atoms with van der Waals surface area (Å²) >= 11 is 6.33. The summed E-state index contributed by atoms with van der Waals surface area (Å²) in [6.45, 7) is 1.79. The highest BCUT2D eigenvalue weighted by Crippen LogP contribution is 2.37. The lowest BCUT2D eigenvalue weighted by Crippen LogP contribution is -2.27. The molecule has 0 saturated carbocycles. The average Bonchev–Trinajstić information content (AvgIpc) is 3.59. The van der Waals surface area contributed by atoms with Crippen LogP contribution in [0.15, 0.2) is 81.0 Å². The van der Waals surface area contributed by atoms with Gasteiger partial charge in [0.25, 0.3) is 0 Å². The second-order valence-corrected chi connectivity index (χ2v) is 8.04. The minimum atomic E-state index is -0.396. The van der Waals surface area contributed by atoms with Gasteiger partial charge in [-0.15, -0.1) is 0 Å². The highest BCUT2D eigenvalue weighted by molar-refractivity contribution is 6.33. The van der Waals surface area contributed by atoms with Crippen molar-refractivity contribution in [2.75, 3.05) is 7.11 Å². The van der Waals surface area contributed by atoms with Gasteiger partial charge in [0.05, 0.1) is 24.4 Å². The lowest BCUT2D eigenvalue weighted by molar-refractivity contribution is 0.0667. The monoisotopic (exact) mass is 461 g/mol. The van der Waals surface area contributed by atoms with Gasteiger partial charge in [-0.1, -0.05) is 47.1 Å². The summed E-state index contributed by atoms with van der Waals surface area (Å²) in [6, 6.07) is 18.1. The van der Waals surface area contributed by atoms with E-state index in [1.165, 1.54) is 5.01 Å². The summed E-state index contributed by atoms with van der Waals surface area (Å²) in [5, 5.41) is 10.7. The van der Waals surface area contributed by atoms with Crippen molar-refractivity contribution in [2.24, 2.45) is 5.10 Å². The molecule has 4 aromatic rings. The zero-order valence-electron chi connectivity index (χ0n) is 18.0. The zero-order chi connectivity index (χ0) is 22.9. The van der Waals surface area contributed by atoms with Crippen LogP contribution < -0.4 is 4.74 Å². The fourth-order valence-corrected chi connectivity index (χ4v) is 4.17. The number of furan rings is 1. The number of ether oxygens (including phenoxy) is 1. The maximum atomic E-state index is 13.6. The second kappa shape index (κ2) is 8.60. The summed E-state index contributed by atoms with van der Waals surface area (Å²) in [5.41, 5.74) is 3.38. The molecule has 1 aliphatic rings. The summed E-state index contributed by atoms with van der Waals surface area (Å²) in [6.07, 6.45) is 2.07. The Morgan fingerprint density at radius 1 is 1.15 bits per heavy atom. The van der Waals surface area contributed by atoms with Gasteiger partial charge < -0.3 is 13.7 Å². The Morgan fingerprint density at radius 2 is 2.00 bits per heavy atom. The van der Waals surface area contributed by atoms with Gasteiger partial charge in [-0.25, -0.2) is 5.01 Å². The predicted octanol–water partition coefficient (Wildman–Crippen LogP) is 5.90. The van der Waals surface area contributed by atoms with E-state index in [0.29, 0.717) is 45.5 Å². The van der Waals surface area contributed by atoms with E-state index in [0.717, 1.165) is 5.56 Å². The minimum Gasteiger partial charge on any atom is -0.497 e. The van der Waals surface area contributed by atoms with Gasteiger partial charge in [0.15, 0.2) is 0 Å². The molecule has 8 heteroatoms. The maximum absolute atomic E-state index is 13.6. The Hall–Kier alpha value is -3.84. The molecule has 166 valence electrons. The first-order valence-electron chi connectivity index (χ1n) is 10.4. The van der Waals surface area contributed by atoms with Crippen LogP contribution in [0.4, 0.5) is 0 Å². The number of benzene rings is 2. The molecule has 1 aliphatic heterocycles.